The van der Waals surface area contributed by atoms with E-state index in [1.807, 2.05) is 0 Å². The van der Waals surface area contributed by atoms with Crippen molar-refractivity contribution in [3.63, 3.8) is 0 Å². The largest absolute Gasteiger partial charge is 0.477 e. The molecule has 1 atom stereocenters. The number of carbonyl (C=O) groups excluding carboxylic acids is 1. The van der Waals surface area contributed by atoms with Gasteiger partial charge in [0, 0.05) is 44.0 Å². The van der Waals surface area contributed by atoms with Crippen LogP contribution in [0.4, 0.5) is 10.1 Å². The monoisotopic (exact) mass is 381 g/mol. The van der Waals surface area contributed by atoms with E-state index in [2.05, 4.69) is 0 Å². The summed E-state index contributed by atoms with van der Waals surface area (Å²) in [6.45, 7) is 1.06. The van der Waals surface area contributed by atoms with Gasteiger partial charge in [0.2, 0.25) is 5.78 Å². The molecule has 1 saturated carbocycles. The summed E-state index contributed by atoms with van der Waals surface area (Å²) in [6.07, 6.45) is 3.96. The molecule has 2 fully saturated rings. The molecule has 1 unspecified atom stereocenters. The number of Topliss-reactive ketones (excluding diaryl/α,β-unsaturated/α-hetero) is 1. The highest BCUT2D eigenvalue weighted by molar-refractivity contribution is 6.34. The van der Waals surface area contributed by atoms with Gasteiger partial charge in [-0.1, -0.05) is 11.6 Å². The maximum Gasteiger partial charge on any atom is 0.341 e. The molecule has 3 N–H and O–H groups in total. The van der Waals surface area contributed by atoms with E-state index < -0.39 is 23.1 Å². The van der Waals surface area contributed by atoms with Gasteiger partial charge >= 0.3 is 5.97 Å². The Labute approximate surface area is 156 Å². The number of carboxylic acids is 1. The molecule has 1 saturated heterocycles. The zero-order valence-electron chi connectivity index (χ0n) is 14.4. The molecular formula is C18H21ClFN3O3. The second kappa shape index (κ2) is 7.25. The third-order valence-corrected chi connectivity index (χ3v) is 5.04. The highest BCUT2D eigenvalue weighted by atomic mass is 35.5. The quantitative estimate of drug-likeness (QED) is 0.340. The van der Waals surface area contributed by atoms with E-state index in [4.69, 9.17) is 17.3 Å². The van der Waals surface area contributed by atoms with E-state index >= 15 is 0 Å². The predicted molar refractivity (Wildman–Crippen MR) is 97.0 cm³/mol. The van der Waals surface area contributed by atoms with Crippen molar-refractivity contribution in [3.8, 4) is 0 Å². The molecule has 26 heavy (non-hydrogen) atoms. The summed E-state index contributed by atoms with van der Waals surface area (Å²) in [5.74, 6) is -2.78. The number of hydrogen-bond acceptors (Lipinski definition) is 5. The summed E-state index contributed by atoms with van der Waals surface area (Å²) < 4.78 is 14.6. The highest BCUT2D eigenvalue weighted by Gasteiger charge is 2.29. The SMILES string of the molecule is CN(/C=C(/C(=O)O)C(=O)c1cc(F)c(N2CCC(N)C2)c(Cl)c1)C1CC1. The maximum atomic E-state index is 14.6. The van der Waals surface area contributed by atoms with Crippen molar-refractivity contribution in [1.82, 2.24) is 4.90 Å². The number of carboxylic acid groups (broad SMARTS) is 1. The molecule has 0 spiro atoms. The molecule has 1 aromatic carbocycles. The summed E-state index contributed by atoms with van der Waals surface area (Å²) in [7, 11) is 1.72. The predicted octanol–water partition coefficient (Wildman–Crippen LogP) is 2.26. The smallest absolute Gasteiger partial charge is 0.341 e. The minimum Gasteiger partial charge on any atom is -0.477 e. The topological polar surface area (TPSA) is 86.9 Å². The molecule has 0 bridgehead atoms. The number of carbonyl (C=O) groups is 2. The van der Waals surface area contributed by atoms with E-state index in [0.717, 1.165) is 25.3 Å². The summed E-state index contributed by atoms with van der Waals surface area (Å²) in [4.78, 5) is 27.6. The Morgan fingerprint density at radius 3 is 2.58 bits per heavy atom. The van der Waals surface area contributed by atoms with Gasteiger partial charge in [0.05, 0.1) is 10.7 Å². The van der Waals surface area contributed by atoms with Gasteiger partial charge in [0.25, 0.3) is 0 Å². The van der Waals surface area contributed by atoms with Crippen LogP contribution >= 0.6 is 11.6 Å². The number of benzene rings is 1. The Morgan fingerprint density at radius 1 is 1.38 bits per heavy atom. The molecule has 1 aliphatic carbocycles. The van der Waals surface area contributed by atoms with E-state index in [0.29, 0.717) is 13.1 Å². The number of nitrogens with zero attached hydrogens (tertiary/aromatic N) is 2. The number of ketones is 1. The number of hydrogen-bond donors (Lipinski definition) is 2. The second-order valence-corrected chi connectivity index (χ2v) is 7.26. The van der Waals surface area contributed by atoms with Crippen LogP contribution in [0.3, 0.4) is 0 Å². The lowest BCUT2D eigenvalue weighted by molar-refractivity contribution is -0.132. The Kier molecular flexibility index (Phi) is 5.20. The summed E-state index contributed by atoms with van der Waals surface area (Å²) in [5.41, 5.74) is 5.56. The van der Waals surface area contributed by atoms with Gasteiger partial charge in [-0.15, -0.1) is 0 Å². The number of rotatable bonds is 6. The molecule has 0 amide bonds. The average molecular weight is 382 g/mol. The number of halogens is 2. The molecule has 1 aromatic rings. The average Bonchev–Trinajstić information content (AvgIpc) is 3.33. The Hall–Kier alpha value is -2.12. The molecule has 2 aliphatic rings. The van der Waals surface area contributed by atoms with Crippen LogP contribution in [-0.4, -0.2) is 54.0 Å². The van der Waals surface area contributed by atoms with Gasteiger partial charge in [-0.2, -0.15) is 0 Å². The molecule has 0 radical (unpaired) electrons. The fourth-order valence-corrected chi connectivity index (χ4v) is 3.47. The number of aliphatic carboxylic acids is 1. The lowest BCUT2D eigenvalue weighted by Crippen LogP contribution is -2.27. The molecule has 8 heteroatoms. The zero-order valence-corrected chi connectivity index (χ0v) is 15.2. The molecule has 6 nitrogen and oxygen atoms in total. The molecule has 140 valence electrons. The molecule has 1 aliphatic heterocycles. The van der Waals surface area contributed by atoms with Crippen LogP contribution in [0.2, 0.25) is 5.02 Å². The van der Waals surface area contributed by atoms with Gasteiger partial charge in [-0.3, -0.25) is 4.79 Å². The first-order chi connectivity index (χ1) is 12.3. The lowest BCUT2D eigenvalue weighted by atomic mass is 10.0. The van der Waals surface area contributed by atoms with Crippen LogP contribution in [0, 0.1) is 5.82 Å². The number of anilines is 1. The van der Waals surface area contributed by atoms with E-state index in [1.165, 1.54) is 12.3 Å². The summed E-state index contributed by atoms with van der Waals surface area (Å²) in [6, 6.07) is 2.56. The van der Waals surface area contributed by atoms with Crippen LogP contribution in [0.1, 0.15) is 29.6 Å². The van der Waals surface area contributed by atoms with Gasteiger partial charge in [0.15, 0.2) is 0 Å². The first kappa shape index (κ1) is 18.7. The summed E-state index contributed by atoms with van der Waals surface area (Å²) in [5, 5.41) is 9.46. The van der Waals surface area contributed by atoms with Crippen molar-refractivity contribution in [2.45, 2.75) is 31.3 Å². The summed E-state index contributed by atoms with van der Waals surface area (Å²) >= 11 is 6.20. The number of nitrogens with two attached hydrogens (primary N) is 1. The minimum absolute atomic E-state index is 0.0497. The third kappa shape index (κ3) is 3.83. The normalized spacial score (nSPS) is 20.4. The van der Waals surface area contributed by atoms with Gasteiger partial charge < -0.3 is 20.6 Å². The van der Waals surface area contributed by atoms with E-state index in [9.17, 15) is 19.1 Å². The van der Waals surface area contributed by atoms with E-state index in [-0.39, 0.29) is 28.4 Å². The van der Waals surface area contributed by atoms with Crippen molar-refractivity contribution in [1.29, 1.82) is 0 Å². The van der Waals surface area contributed by atoms with Gasteiger partial charge in [0.1, 0.15) is 11.4 Å². The Bertz CT molecular complexity index is 756. The van der Waals surface area contributed by atoms with Crippen LogP contribution in [0.15, 0.2) is 23.9 Å². The third-order valence-electron chi connectivity index (χ3n) is 4.75. The highest BCUT2D eigenvalue weighted by Crippen LogP contribution is 2.33. The van der Waals surface area contributed by atoms with Crippen molar-refractivity contribution < 1.29 is 19.1 Å². The molecule has 0 aromatic heterocycles. The van der Waals surface area contributed by atoms with Crippen molar-refractivity contribution in [2.75, 3.05) is 25.0 Å². The van der Waals surface area contributed by atoms with Crippen LogP contribution in [-0.2, 0) is 4.79 Å². The Morgan fingerprint density at radius 2 is 2.08 bits per heavy atom. The second-order valence-electron chi connectivity index (χ2n) is 6.86. The van der Waals surface area contributed by atoms with Crippen LogP contribution < -0.4 is 10.6 Å². The van der Waals surface area contributed by atoms with Crippen molar-refractivity contribution in [2.24, 2.45) is 5.73 Å². The van der Waals surface area contributed by atoms with Crippen LogP contribution in [0.5, 0.6) is 0 Å². The minimum atomic E-state index is -1.35. The zero-order chi connectivity index (χ0) is 19.0. The van der Waals surface area contributed by atoms with Gasteiger partial charge in [-0.05, 0) is 31.4 Å². The maximum absolute atomic E-state index is 14.6. The first-order valence-electron chi connectivity index (χ1n) is 8.49. The fourth-order valence-electron chi connectivity index (χ4n) is 3.15. The van der Waals surface area contributed by atoms with E-state index in [1.54, 1.807) is 16.8 Å². The Balaban J connectivity index is 1.90. The van der Waals surface area contributed by atoms with Crippen LogP contribution in [0.25, 0.3) is 0 Å². The van der Waals surface area contributed by atoms with Crippen molar-refractivity contribution >= 4 is 29.0 Å². The fraction of sp³-hybridized carbons (Fsp3) is 0.444. The standard InChI is InChI=1S/C18H21ClFN3O3/c1-22(12-2-3-12)9-13(18(25)26)17(24)10-6-14(19)16(15(20)7-10)23-5-4-11(21)8-23/h6-7,9,11-12H,2-5,8,21H2,1H3,(H,25,26)/b13-9+. The lowest BCUT2D eigenvalue weighted by Gasteiger charge is -2.21. The molecule has 1 heterocycles. The first-order valence-corrected chi connectivity index (χ1v) is 8.87. The molecule has 3 rings (SSSR count). The van der Waals surface area contributed by atoms with Crippen molar-refractivity contribution in [3.05, 3.63) is 40.3 Å². The van der Waals surface area contributed by atoms with Gasteiger partial charge in [-0.25, -0.2) is 9.18 Å². The molecular weight excluding hydrogens is 361 g/mol.